The summed E-state index contributed by atoms with van der Waals surface area (Å²) in [5.74, 6) is -0.928. The van der Waals surface area contributed by atoms with Crippen LogP contribution in [0.15, 0.2) is 24.3 Å². The lowest BCUT2D eigenvalue weighted by molar-refractivity contribution is -0.128. The second kappa shape index (κ2) is 6.64. The average molecular weight is 250 g/mol. The number of carbonyl (C=O) groups excluding carboxylic acids is 1. The van der Waals surface area contributed by atoms with Crippen molar-refractivity contribution < 1.29 is 14.7 Å². The quantitative estimate of drug-likeness (QED) is 0.805. The second-order valence-corrected chi connectivity index (χ2v) is 3.80. The van der Waals surface area contributed by atoms with Gasteiger partial charge in [0.05, 0.1) is 12.1 Å². The predicted molar refractivity (Wildman–Crippen MR) is 69.8 cm³/mol. The van der Waals surface area contributed by atoms with Crippen molar-refractivity contribution in [2.75, 3.05) is 25.0 Å². The smallest absolute Gasteiger partial charge is 0.335 e. The number of aromatic carboxylic acids is 1. The van der Waals surface area contributed by atoms with Crippen molar-refractivity contribution in [3.05, 3.63) is 29.8 Å². The zero-order valence-corrected chi connectivity index (χ0v) is 10.6. The molecule has 0 unspecified atom stereocenters. The number of amides is 1. The van der Waals surface area contributed by atoms with Gasteiger partial charge in [0.15, 0.2) is 0 Å². The molecule has 1 aromatic rings. The van der Waals surface area contributed by atoms with Gasteiger partial charge >= 0.3 is 5.97 Å². The first-order valence-electron chi connectivity index (χ1n) is 5.93. The van der Waals surface area contributed by atoms with Crippen LogP contribution in [0.5, 0.6) is 0 Å². The Morgan fingerprint density at radius 3 is 2.17 bits per heavy atom. The Morgan fingerprint density at radius 2 is 1.72 bits per heavy atom. The molecule has 0 aliphatic rings. The fraction of sp³-hybridized carbons (Fsp3) is 0.385. The molecule has 18 heavy (non-hydrogen) atoms. The molecular weight excluding hydrogens is 232 g/mol. The number of hydrogen-bond donors (Lipinski definition) is 2. The van der Waals surface area contributed by atoms with E-state index in [-0.39, 0.29) is 18.0 Å². The van der Waals surface area contributed by atoms with Crippen molar-refractivity contribution in [3.63, 3.8) is 0 Å². The van der Waals surface area contributed by atoms with Crippen LogP contribution in [0.25, 0.3) is 0 Å². The van der Waals surface area contributed by atoms with E-state index in [1.54, 1.807) is 17.0 Å². The van der Waals surface area contributed by atoms with Crippen LogP contribution in [0.1, 0.15) is 24.2 Å². The Labute approximate surface area is 106 Å². The number of likely N-dealkylation sites (N-methyl/N-ethyl adjacent to an activating group) is 1. The second-order valence-electron chi connectivity index (χ2n) is 3.80. The standard InChI is InChI=1S/C13H18N2O3/c1-3-15(4-2)12(16)9-14-11-7-5-10(6-8-11)13(17)18/h5-8,14H,3-4,9H2,1-2H3,(H,17,18). The molecule has 0 atom stereocenters. The first-order chi connectivity index (χ1) is 8.58. The van der Waals surface area contributed by atoms with Crippen molar-refractivity contribution >= 4 is 17.6 Å². The molecule has 0 aliphatic heterocycles. The summed E-state index contributed by atoms with van der Waals surface area (Å²) in [5.41, 5.74) is 0.969. The summed E-state index contributed by atoms with van der Waals surface area (Å²) < 4.78 is 0. The zero-order valence-electron chi connectivity index (χ0n) is 10.6. The summed E-state index contributed by atoms with van der Waals surface area (Å²) >= 11 is 0. The third kappa shape index (κ3) is 3.76. The highest BCUT2D eigenvalue weighted by Crippen LogP contribution is 2.09. The minimum atomic E-state index is -0.958. The molecular formula is C13H18N2O3. The van der Waals surface area contributed by atoms with Crippen LogP contribution >= 0.6 is 0 Å². The highest BCUT2D eigenvalue weighted by Gasteiger charge is 2.08. The zero-order chi connectivity index (χ0) is 13.5. The van der Waals surface area contributed by atoms with Crippen molar-refractivity contribution in [1.29, 1.82) is 0 Å². The Bertz CT molecular complexity index is 411. The number of hydrogen-bond acceptors (Lipinski definition) is 3. The Balaban J connectivity index is 2.53. The molecule has 0 bridgehead atoms. The average Bonchev–Trinajstić information content (AvgIpc) is 2.38. The molecule has 0 spiro atoms. The maximum absolute atomic E-state index is 11.7. The summed E-state index contributed by atoms with van der Waals surface area (Å²) in [6, 6.07) is 6.32. The minimum Gasteiger partial charge on any atom is -0.478 e. The van der Waals surface area contributed by atoms with Crippen LogP contribution in [0, 0.1) is 0 Å². The van der Waals surface area contributed by atoms with Crippen LogP contribution in [-0.4, -0.2) is 41.5 Å². The van der Waals surface area contributed by atoms with Gasteiger partial charge in [-0.25, -0.2) is 4.79 Å². The van der Waals surface area contributed by atoms with Gasteiger partial charge in [0.1, 0.15) is 0 Å². The molecule has 1 aromatic carbocycles. The third-order valence-electron chi connectivity index (χ3n) is 2.69. The van der Waals surface area contributed by atoms with Crippen molar-refractivity contribution in [2.24, 2.45) is 0 Å². The fourth-order valence-electron chi connectivity index (χ4n) is 1.60. The summed E-state index contributed by atoms with van der Waals surface area (Å²) in [6.07, 6.45) is 0. The summed E-state index contributed by atoms with van der Waals surface area (Å²) in [7, 11) is 0. The van der Waals surface area contributed by atoms with E-state index >= 15 is 0 Å². The molecule has 98 valence electrons. The number of nitrogens with zero attached hydrogens (tertiary/aromatic N) is 1. The van der Waals surface area contributed by atoms with Crippen LogP contribution in [0.3, 0.4) is 0 Å². The lowest BCUT2D eigenvalue weighted by atomic mass is 10.2. The van der Waals surface area contributed by atoms with Crippen LogP contribution in [0.4, 0.5) is 5.69 Å². The summed E-state index contributed by atoms with van der Waals surface area (Å²) in [5, 5.41) is 11.7. The third-order valence-corrected chi connectivity index (χ3v) is 2.69. The van der Waals surface area contributed by atoms with E-state index < -0.39 is 5.97 Å². The number of carboxylic acids is 1. The summed E-state index contributed by atoms with van der Waals surface area (Å²) in [4.78, 5) is 24.1. The Morgan fingerprint density at radius 1 is 1.17 bits per heavy atom. The van der Waals surface area contributed by atoms with Crippen LogP contribution in [-0.2, 0) is 4.79 Å². The highest BCUT2D eigenvalue weighted by atomic mass is 16.4. The molecule has 0 saturated carbocycles. The molecule has 0 aromatic heterocycles. The first-order valence-corrected chi connectivity index (χ1v) is 5.93. The largest absolute Gasteiger partial charge is 0.478 e. The van der Waals surface area contributed by atoms with Gasteiger partial charge in [-0.05, 0) is 38.1 Å². The van der Waals surface area contributed by atoms with Gasteiger partial charge in [-0.3, -0.25) is 4.79 Å². The topological polar surface area (TPSA) is 69.6 Å². The number of benzene rings is 1. The molecule has 1 amide bonds. The summed E-state index contributed by atoms with van der Waals surface area (Å²) in [6.45, 7) is 5.46. The predicted octanol–water partition coefficient (Wildman–Crippen LogP) is 1.67. The number of anilines is 1. The maximum Gasteiger partial charge on any atom is 0.335 e. The van der Waals surface area contributed by atoms with Gasteiger partial charge in [-0.1, -0.05) is 0 Å². The van der Waals surface area contributed by atoms with E-state index in [4.69, 9.17) is 5.11 Å². The van der Waals surface area contributed by atoms with Crippen molar-refractivity contribution in [3.8, 4) is 0 Å². The SMILES string of the molecule is CCN(CC)C(=O)CNc1ccc(C(=O)O)cc1. The van der Waals surface area contributed by atoms with E-state index in [9.17, 15) is 9.59 Å². The lowest BCUT2D eigenvalue weighted by Crippen LogP contribution is -2.35. The number of carboxylic acid groups (broad SMARTS) is 1. The molecule has 0 aliphatic carbocycles. The maximum atomic E-state index is 11.7. The Hall–Kier alpha value is -2.04. The van der Waals surface area contributed by atoms with Gasteiger partial charge < -0.3 is 15.3 Å². The molecule has 2 N–H and O–H groups in total. The molecule has 1 rings (SSSR count). The molecule has 0 heterocycles. The minimum absolute atomic E-state index is 0.0299. The van der Waals surface area contributed by atoms with E-state index in [2.05, 4.69) is 5.32 Å². The fourth-order valence-corrected chi connectivity index (χ4v) is 1.60. The van der Waals surface area contributed by atoms with Gasteiger partial charge in [-0.15, -0.1) is 0 Å². The van der Waals surface area contributed by atoms with Crippen molar-refractivity contribution in [1.82, 2.24) is 4.90 Å². The van der Waals surface area contributed by atoms with E-state index in [1.807, 2.05) is 13.8 Å². The lowest BCUT2D eigenvalue weighted by Gasteiger charge is -2.19. The van der Waals surface area contributed by atoms with Crippen LogP contribution < -0.4 is 5.32 Å². The van der Waals surface area contributed by atoms with Gasteiger partial charge in [-0.2, -0.15) is 0 Å². The van der Waals surface area contributed by atoms with E-state index in [1.165, 1.54) is 12.1 Å². The number of rotatable bonds is 6. The van der Waals surface area contributed by atoms with Gasteiger partial charge in [0, 0.05) is 18.8 Å². The molecule has 0 radical (unpaired) electrons. The van der Waals surface area contributed by atoms with Crippen LogP contribution in [0.2, 0.25) is 0 Å². The molecule has 5 heteroatoms. The molecule has 5 nitrogen and oxygen atoms in total. The normalized spacial score (nSPS) is 9.89. The molecule has 0 saturated heterocycles. The highest BCUT2D eigenvalue weighted by molar-refractivity contribution is 5.88. The molecule has 0 fully saturated rings. The van der Waals surface area contributed by atoms with E-state index in [0.29, 0.717) is 13.1 Å². The number of carbonyl (C=O) groups is 2. The number of nitrogens with one attached hydrogen (secondary N) is 1. The Kier molecular flexibility index (Phi) is 5.17. The first kappa shape index (κ1) is 14.0. The van der Waals surface area contributed by atoms with E-state index in [0.717, 1.165) is 5.69 Å². The monoisotopic (exact) mass is 250 g/mol. The van der Waals surface area contributed by atoms with Gasteiger partial charge in [0.25, 0.3) is 0 Å². The van der Waals surface area contributed by atoms with Crippen molar-refractivity contribution in [2.45, 2.75) is 13.8 Å². The van der Waals surface area contributed by atoms with Gasteiger partial charge in [0.2, 0.25) is 5.91 Å².